The van der Waals surface area contributed by atoms with E-state index in [1.165, 1.54) is 0 Å². The molecule has 1 aliphatic heterocycles. The van der Waals surface area contributed by atoms with E-state index in [2.05, 4.69) is 17.1 Å². The summed E-state index contributed by atoms with van der Waals surface area (Å²) in [6, 6.07) is 24.6. The van der Waals surface area contributed by atoms with Gasteiger partial charge in [0.2, 0.25) is 5.91 Å². The summed E-state index contributed by atoms with van der Waals surface area (Å²) in [5.41, 5.74) is 2.16. The number of nitrogens with zero attached hydrogens (tertiary/aromatic N) is 4. The van der Waals surface area contributed by atoms with Gasteiger partial charge in [0, 0.05) is 31.9 Å². The molecule has 8 nitrogen and oxygen atoms in total. The van der Waals surface area contributed by atoms with Crippen LogP contribution in [-0.4, -0.2) is 64.6 Å². The van der Waals surface area contributed by atoms with E-state index in [9.17, 15) is 9.59 Å². The molecule has 1 fully saturated rings. The van der Waals surface area contributed by atoms with E-state index in [0.717, 1.165) is 5.69 Å². The predicted molar refractivity (Wildman–Crippen MR) is 150 cm³/mol. The van der Waals surface area contributed by atoms with Gasteiger partial charge in [-0.05, 0) is 50.2 Å². The van der Waals surface area contributed by atoms with E-state index < -0.39 is 0 Å². The van der Waals surface area contributed by atoms with Crippen molar-refractivity contribution in [3.63, 3.8) is 0 Å². The van der Waals surface area contributed by atoms with E-state index in [-0.39, 0.29) is 24.1 Å². The van der Waals surface area contributed by atoms with Gasteiger partial charge >= 0.3 is 0 Å². The molecule has 0 radical (unpaired) electrons. The molecule has 3 aromatic carbocycles. The molecule has 2 heterocycles. The number of aromatic nitrogens is 2. The monoisotopic (exact) mass is 511 g/mol. The first-order valence-electron chi connectivity index (χ1n) is 13.1. The number of para-hydroxylation sites is 4. The number of piperazine rings is 1. The van der Waals surface area contributed by atoms with Gasteiger partial charge in [0.25, 0.3) is 5.56 Å². The second-order valence-electron chi connectivity index (χ2n) is 9.34. The highest BCUT2D eigenvalue weighted by Crippen LogP contribution is 2.28. The van der Waals surface area contributed by atoms with Crippen molar-refractivity contribution in [3.05, 3.63) is 95.0 Å². The Hall–Kier alpha value is -4.17. The third kappa shape index (κ3) is 5.26. The van der Waals surface area contributed by atoms with Gasteiger partial charge < -0.3 is 15.0 Å². The van der Waals surface area contributed by atoms with Gasteiger partial charge in [-0.1, -0.05) is 42.5 Å². The molecule has 0 saturated carbocycles. The number of anilines is 1. The average Bonchev–Trinajstić information content (AvgIpc) is 2.97. The Bertz CT molecular complexity index is 1460. The summed E-state index contributed by atoms with van der Waals surface area (Å²) in [7, 11) is 0. The van der Waals surface area contributed by atoms with Crippen LogP contribution in [0.15, 0.2) is 83.7 Å². The first-order valence-corrected chi connectivity index (χ1v) is 13.1. The number of carbonyl (C=O) groups excluding carboxylic acids is 1. The SMILES string of the molecule is CCOc1ccccc1-n1c(C(C)N2CCN(C(=O)CNc3ccccc3)CC2)nc2ccccc2c1=O. The molecule has 1 saturated heterocycles. The van der Waals surface area contributed by atoms with Gasteiger partial charge in [-0.3, -0.25) is 19.1 Å². The molecule has 4 aromatic rings. The van der Waals surface area contributed by atoms with Crippen molar-refractivity contribution < 1.29 is 9.53 Å². The van der Waals surface area contributed by atoms with Gasteiger partial charge in [0.05, 0.1) is 35.8 Å². The van der Waals surface area contributed by atoms with Crippen molar-refractivity contribution >= 4 is 22.5 Å². The van der Waals surface area contributed by atoms with Crippen molar-refractivity contribution in [1.29, 1.82) is 0 Å². The summed E-state index contributed by atoms with van der Waals surface area (Å²) in [6.45, 7) is 7.37. The van der Waals surface area contributed by atoms with Crippen LogP contribution in [0.4, 0.5) is 5.69 Å². The number of hydrogen-bond donors (Lipinski definition) is 1. The van der Waals surface area contributed by atoms with E-state index in [0.29, 0.717) is 61.0 Å². The lowest BCUT2D eigenvalue weighted by Crippen LogP contribution is -2.51. The fourth-order valence-corrected chi connectivity index (χ4v) is 4.95. The van der Waals surface area contributed by atoms with Crippen LogP contribution in [-0.2, 0) is 4.79 Å². The maximum absolute atomic E-state index is 13.8. The summed E-state index contributed by atoms with van der Waals surface area (Å²) in [6.07, 6.45) is 0. The Morgan fingerprint density at radius 1 is 0.947 bits per heavy atom. The van der Waals surface area contributed by atoms with Crippen LogP contribution in [0, 0.1) is 0 Å². The van der Waals surface area contributed by atoms with Crippen LogP contribution >= 0.6 is 0 Å². The number of nitrogens with one attached hydrogen (secondary N) is 1. The van der Waals surface area contributed by atoms with Gasteiger partial charge in [-0.15, -0.1) is 0 Å². The molecule has 1 aliphatic rings. The van der Waals surface area contributed by atoms with Crippen molar-refractivity contribution in [2.24, 2.45) is 0 Å². The number of carbonyl (C=O) groups is 1. The van der Waals surface area contributed by atoms with E-state index in [4.69, 9.17) is 9.72 Å². The molecule has 38 heavy (non-hydrogen) atoms. The fraction of sp³-hybridized carbons (Fsp3) is 0.300. The second kappa shape index (κ2) is 11.5. The molecule has 1 aromatic heterocycles. The molecule has 0 aliphatic carbocycles. The Kier molecular flexibility index (Phi) is 7.70. The highest BCUT2D eigenvalue weighted by molar-refractivity contribution is 5.81. The van der Waals surface area contributed by atoms with Crippen molar-refractivity contribution in [1.82, 2.24) is 19.4 Å². The molecular formula is C30H33N5O3. The first kappa shape index (κ1) is 25.5. The Morgan fingerprint density at radius 3 is 2.39 bits per heavy atom. The molecular weight excluding hydrogens is 478 g/mol. The third-order valence-electron chi connectivity index (χ3n) is 7.01. The van der Waals surface area contributed by atoms with Crippen molar-refractivity contribution in [2.45, 2.75) is 19.9 Å². The lowest BCUT2D eigenvalue weighted by Gasteiger charge is -2.38. The van der Waals surface area contributed by atoms with E-state index in [1.807, 2.05) is 90.7 Å². The number of ether oxygens (including phenoxy) is 1. The maximum atomic E-state index is 13.8. The summed E-state index contributed by atoms with van der Waals surface area (Å²) in [5, 5.41) is 3.77. The lowest BCUT2D eigenvalue weighted by atomic mass is 10.1. The second-order valence-corrected chi connectivity index (χ2v) is 9.34. The standard InChI is InChI=1S/C30H33N5O3/c1-3-38-27-16-10-9-15-26(27)35-29(32-25-14-8-7-13-24(25)30(35)37)22(2)33-17-19-34(20-18-33)28(36)21-31-23-11-5-4-6-12-23/h4-16,22,31H,3,17-21H2,1-2H3. The van der Waals surface area contributed by atoms with Gasteiger partial charge in [0.1, 0.15) is 11.6 Å². The quantitative estimate of drug-likeness (QED) is 0.384. The largest absolute Gasteiger partial charge is 0.492 e. The summed E-state index contributed by atoms with van der Waals surface area (Å²) in [5.74, 6) is 1.38. The summed E-state index contributed by atoms with van der Waals surface area (Å²) in [4.78, 5) is 35.8. The first-order chi connectivity index (χ1) is 18.6. The number of rotatable bonds is 8. The topological polar surface area (TPSA) is 79.7 Å². The Labute approximate surface area is 222 Å². The van der Waals surface area contributed by atoms with E-state index >= 15 is 0 Å². The minimum absolute atomic E-state index is 0.0764. The Balaban J connectivity index is 1.39. The zero-order valence-corrected chi connectivity index (χ0v) is 21.8. The molecule has 0 spiro atoms. The van der Waals surface area contributed by atoms with Crippen LogP contribution in [0.25, 0.3) is 16.6 Å². The minimum atomic E-state index is -0.151. The normalized spacial score (nSPS) is 14.8. The van der Waals surface area contributed by atoms with Crippen LogP contribution in [0.1, 0.15) is 25.7 Å². The molecule has 5 rings (SSSR count). The average molecular weight is 512 g/mol. The van der Waals surface area contributed by atoms with Gasteiger partial charge in [0.15, 0.2) is 0 Å². The van der Waals surface area contributed by atoms with E-state index in [1.54, 1.807) is 4.57 Å². The zero-order valence-electron chi connectivity index (χ0n) is 21.8. The maximum Gasteiger partial charge on any atom is 0.266 e. The fourth-order valence-electron chi connectivity index (χ4n) is 4.95. The lowest BCUT2D eigenvalue weighted by molar-refractivity contribution is -0.131. The van der Waals surface area contributed by atoms with Crippen LogP contribution in [0.5, 0.6) is 5.75 Å². The molecule has 8 heteroatoms. The molecule has 1 N–H and O–H groups in total. The minimum Gasteiger partial charge on any atom is -0.492 e. The molecule has 0 bridgehead atoms. The number of fused-ring (bicyclic) bond motifs is 1. The number of benzene rings is 3. The zero-order chi connectivity index (χ0) is 26.5. The van der Waals surface area contributed by atoms with Crippen LogP contribution in [0.2, 0.25) is 0 Å². The molecule has 1 amide bonds. The highest BCUT2D eigenvalue weighted by Gasteiger charge is 2.28. The van der Waals surface area contributed by atoms with Crippen LogP contribution < -0.4 is 15.6 Å². The van der Waals surface area contributed by atoms with Gasteiger partial charge in [-0.2, -0.15) is 0 Å². The van der Waals surface area contributed by atoms with Crippen molar-refractivity contribution in [2.75, 3.05) is 44.6 Å². The van der Waals surface area contributed by atoms with Crippen molar-refractivity contribution in [3.8, 4) is 11.4 Å². The predicted octanol–water partition coefficient (Wildman–Crippen LogP) is 4.10. The van der Waals surface area contributed by atoms with Crippen LogP contribution in [0.3, 0.4) is 0 Å². The summed E-state index contributed by atoms with van der Waals surface area (Å²) >= 11 is 0. The number of hydrogen-bond acceptors (Lipinski definition) is 6. The molecule has 196 valence electrons. The third-order valence-corrected chi connectivity index (χ3v) is 7.01. The molecule has 1 atom stereocenters. The molecule has 1 unspecified atom stereocenters. The highest BCUT2D eigenvalue weighted by atomic mass is 16.5. The van der Waals surface area contributed by atoms with Gasteiger partial charge in [-0.25, -0.2) is 4.98 Å². The Morgan fingerprint density at radius 2 is 1.63 bits per heavy atom. The smallest absolute Gasteiger partial charge is 0.266 e. The number of amides is 1. The summed E-state index contributed by atoms with van der Waals surface area (Å²) < 4.78 is 7.58.